The van der Waals surface area contributed by atoms with E-state index in [-0.39, 0.29) is 0 Å². The number of allylic oxidation sites excluding steroid dienone is 1. The van der Waals surface area contributed by atoms with Crippen LogP contribution < -0.4 is 5.32 Å². The average Bonchev–Trinajstić information content (AvgIpc) is 2.29. The molecule has 0 unspecified atom stereocenters. The lowest BCUT2D eigenvalue weighted by Gasteiger charge is -2.17. The molecule has 0 aromatic heterocycles. The first-order valence-electron chi connectivity index (χ1n) is 5.86. The van der Waals surface area contributed by atoms with Gasteiger partial charge in [0.25, 0.3) is 0 Å². The van der Waals surface area contributed by atoms with E-state index in [1.165, 1.54) is 0 Å². The summed E-state index contributed by atoms with van der Waals surface area (Å²) in [4.78, 5) is 12.6. The van der Waals surface area contributed by atoms with Gasteiger partial charge in [0.2, 0.25) is 6.41 Å². The van der Waals surface area contributed by atoms with E-state index >= 15 is 0 Å². The van der Waals surface area contributed by atoms with Crippen LogP contribution >= 0.6 is 11.6 Å². The van der Waals surface area contributed by atoms with Gasteiger partial charge in [0, 0.05) is 31.3 Å². The van der Waals surface area contributed by atoms with E-state index in [0.717, 1.165) is 30.8 Å². The highest BCUT2D eigenvalue weighted by Crippen LogP contribution is 2.08. The largest absolute Gasteiger partial charge is 0.377 e. The third kappa shape index (κ3) is 8.18. The summed E-state index contributed by atoms with van der Waals surface area (Å²) in [5.74, 6) is 0.632. The van der Waals surface area contributed by atoms with Crippen molar-refractivity contribution in [2.45, 2.75) is 20.3 Å². The Kier molecular flexibility index (Phi) is 10.2. The zero-order valence-electron chi connectivity index (χ0n) is 11.0. The number of amides is 1. The lowest BCUT2D eigenvalue weighted by molar-refractivity contribution is -0.108. The molecular formula is C12H23ClN2O2. The van der Waals surface area contributed by atoms with Crippen molar-refractivity contribution in [2.75, 3.05) is 39.2 Å². The van der Waals surface area contributed by atoms with Crippen molar-refractivity contribution in [2.24, 2.45) is 0 Å². The minimum Gasteiger partial charge on any atom is -0.377 e. The van der Waals surface area contributed by atoms with Crippen LogP contribution in [0.5, 0.6) is 0 Å². The second-order valence-electron chi connectivity index (χ2n) is 3.87. The van der Waals surface area contributed by atoms with Crippen LogP contribution in [0.2, 0.25) is 0 Å². The second-order valence-corrected chi connectivity index (χ2v) is 4.25. The zero-order valence-corrected chi connectivity index (χ0v) is 11.7. The van der Waals surface area contributed by atoms with Crippen molar-refractivity contribution in [3.63, 3.8) is 0 Å². The Morgan fingerprint density at radius 1 is 1.47 bits per heavy atom. The van der Waals surface area contributed by atoms with Crippen molar-refractivity contribution in [3.8, 4) is 0 Å². The molecule has 0 aliphatic rings. The normalized spacial score (nSPS) is 12.5. The summed E-state index contributed by atoms with van der Waals surface area (Å²) < 4.78 is 5.40. The highest BCUT2D eigenvalue weighted by atomic mass is 35.5. The Balaban J connectivity index is 4.27. The van der Waals surface area contributed by atoms with Gasteiger partial charge in [-0.1, -0.05) is 0 Å². The van der Waals surface area contributed by atoms with Gasteiger partial charge in [-0.3, -0.25) is 4.79 Å². The summed E-state index contributed by atoms with van der Waals surface area (Å²) >= 11 is 5.67. The molecule has 0 rings (SSSR count). The summed E-state index contributed by atoms with van der Waals surface area (Å²) in [6, 6.07) is 0. The van der Waals surface area contributed by atoms with Gasteiger partial charge in [-0.25, -0.2) is 0 Å². The highest BCUT2D eigenvalue weighted by Gasteiger charge is 2.05. The van der Waals surface area contributed by atoms with Crippen LogP contribution in [0.4, 0.5) is 0 Å². The van der Waals surface area contributed by atoms with Gasteiger partial charge >= 0.3 is 0 Å². The van der Waals surface area contributed by atoms with Crippen molar-refractivity contribution in [1.29, 1.82) is 0 Å². The van der Waals surface area contributed by atoms with Crippen LogP contribution in [0, 0.1) is 0 Å². The maximum absolute atomic E-state index is 10.4. The molecule has 100 valence electrons. The number of nitrogens with one attached hydrogen (secondary N) is 1. The molecule has 0 saturated heterocycles. The molecule has 1 amide bonds. The van der Waals surface area contributed by atoms with Gasteiger partial charge in [0.15, 0.2) is 0 Å². The van der Waals surface area contributed by atoms with E-state index in [9.17, 15) is 4.79 Å². The van der Waals surface area contributed by atoms with Crippen LogP contribution in [-0.2, 0) is 9.53 Å². The van der Waals surface area contributed by atoms with Crippen LogP contribution in [0.25, 0.3) is 0 Å². The average molecular weight is 263 g/mol. The molecule has 0 heterocycles. The fourth-order valence-electron chi connectivity index (χ4n) is 1.37. The van der Waals surface area contributed by atoms with E-state index in [4.69, 9.17) is 16.3 Å². The molecule has 0 atom stereocenters. The quantitative estimate of drug-likeness (QED) is 0.480. The number of nitrogens with zero attached hydrogens (tertiary/aromatic N) is 1. The molecular weight excluding hydrogens is 240 g/mol. The number of ether oxygens (including phenoxy) is 1. The van der Waals surface area contributed by atoms with E-state index < -0.39 is 0 Å². The molecule has 17 heavy (non-hydrogen) atoms. The first-order valence-corrected chi connectivity index (χ1v) is 6.40. The molecule has 0 aliphatic heterocycles. The Labute approximate surface area is 109 Å². The fourth-order valence-corrected chi connectivity index (χ4v) is 1.65. The van der Waals surface area contributed by atoms with Gasteiger partial charge in [-0.15, -0.1) is 11.6 Å². The SMILES string of the molecule is CCOC/C(CCN(C)CCCl)=C(\C)NC=O. The number of hydrogen-bond acceptors (Lipinski definition) is 3. The van der Waals surface area contributed by atoms with Gasteiger partial charge in [0.05, 0.1) is 6.61 Å². The van der Waals surface area contributed by atoms with Crippen LogP contribution in [-0.4, -0.2) is 50.5 Å². The van der Waals surface area contributed by atoms with Crippen molar-refractivity contribution < 1.29 is 9.53 Å². The number of carbonyl (C=O) groups excluding carboxylic acids is 1. The molecule has 0 radical (unpaired) electrons. The molecule has 0 bridgehead atoms. The number of hydrogen-bond donors (Lipinski definition) is 1. The second kappa shape index (κ2) is 10.6. The topological polar surface area (TPSA) is 41.6 Å². The first-order chi connectivity index (χ1) is 8.15. The Hall–Kier alpha value is -0.580. The van der Waals surface area contributed by atoms with Crippen molar-refractivity contribution in [3.05, 3.63) is 11.3 Å². The minimum atomic E-state index is 0.567. The lowest BCUT2D eigenvalue weighted by atomic mass is 10.1. The summed E-state index contributed by atoms with van der Waals surface area (Å²) in [7, 11) is 2.03. The third-order valence-electron chi connectivity index (χ3n) is 2.55. The molecule has 0 aromatic carbocycles. The van der Waals surface area contributed by atoms with Crippen molar-refractivity contribution in [1.82, 2.24) is 10.2 Å². The number of halogens is 1. The highest BCUT2D eigenvalue weighted by molar-refractivity contribution is 6.18. The number of rotatable bonds is 10. The Morgan fingerprint density at radius 3 is 2.71 bits per heavy atom. The van der Waals surface area contributed by atoms with E-state index in [1.54, 1.807) is 0 Å². The Bertz CT molecular complexity index is 245. The van der Waals surface area contributed by atoms with Gasteiger partial charge in [0.1, 0.15) is 0 Å². The van der Waals surface area contributed by atoms with Crippen molar-refractivity contribution >= 4 is 18.0 Å². The number of carbonyl (C=O) groups is 1. The summed E-state index contributed by atoms with van der Waals surface area (Å²) in [6.45, 7) is 6.87. The first kappa shape index (κ1) is 16.4. The molecule has 0 fully saturated rings. The molecule has 4 nitrogen and oxygen atoms in total. The fraction of sp³-hybridized carbons (Fsp3) is 0.750. The molecule has 0 saturated carbocycles. The zero-order chi connectivity index (χ0) is 13.1. The molecule has 0 aromatic rings. The molecule has 1 N–H and O–H groups in total. The van der Waals surface area contributed by atoms with E-state index in [1.807, 2.05) is 20.9 Å². The van der Waals surface area contributed by atoms with E-state index in [2.05, 4.69) is 10.2 Å². The third-order valence-corrected chi connectivity index (χ3v) is 2.72. The molecule has 0 spiro atoms. The predicted octanol–water partition coefficient (Wildman–Crippen LogP) is 1.60. The lowest BCUT2D eigenvalue weighted by Crippen LogP contribution is -2.24. The number of alkyl halides is 1. The van der Waals surface area contributed by atoms with Gasteiger partial charge in [-0.2, -0.15) is 0 Å². The van der Waals surface area contributed by atoms with Crippen LogP contribution in [0.15, 0.2) is 11.3 Å². The molecule has 5 heteroatoms. The standard InChI is InChI=1S/C12H23ClN2O2/c1-4-17-9-12(11(2)14-10-16)5-7-15(3)8-6-13/h10H,4-9H2,1-3H3,(H,14,16)/b12-11+. The maximum Gasteiger partial charge on any atom is 0.211 e. The minimum absolute atomic E-state index is 0.567. The summed E-state index contributed by atoms with van der Waals surface area (Å²) in [5.41, 5.74) is 2.01. The monoisotopic (exact) mass is 262 g/mol. The van der Waals surface area contributed by atoms with Crippen LogP contribution in [0.1, 0.15) is 20.3 Å². The predicted molar refractivity (Wildman–Crippen MR) is 71.2 cm³/mol. The van der Waals surface area contributed by atoms with Gasteiger partial charge in [-0.05, 0) is 32.9 Å². The maximum atomic E-state index is 10.4. The molecule has 0 aliphatic carbocycles. The van der Waals surface area contributed by atoms with Gasteiger partial charge < -0.3 is 15.0 Å². The Morgan fingerprint density at radius 2 is 2.18 bits per heavy atom. The summed E-state index contributed by atoms with van der Waals surface area (Å²) in [5, 5.41) is 2.68. The van der Waals surface area contributed by atoms with E-state index in [0.29, 0.717) is 25.5 Å². The van der Waals surface area contributed by atoms with Crippen LogP contribution in [0.3, 0.4) is 0 Å². The smallest absolute Gasteiger partial charge is 0.211 e. The summed E-state index contributed by atoms with van der Waals surface area (Å²) in [6.07, 6.45) is 1.57.